The van der Waals surface area contributed by atoms with Crippen molar-refractivity contribution >= 4 is 23.9 Å². The van der Waals surface area contributed by atoms with E-state index in [1.165, 1.54) is 7.11 Å². The zero-order valence-electron chi connectivity index (χ0n) is 24.3. The Labute approximate surface area is 229 Å². The highest BCUT2D eigenvalue weighted by Gasteiger charge is 2.10. The van der Waals surface area contributed by atoms with Crippen molar-refractivity contribution < 1.29 is 59.9 Å². The van der Waals surface area contributed by atoms with Gasteiger partial charge in [0.05, 0.1) is 55.4 Å². The standard InChI is InChI=1S/2C9H18NO2.C5H8O2.C3H4O2.ClH/c2*1-8(2)9(11)12-7-6-10(3,4)5;1-4(2)5(6)7-3;1-2-3(4)5;/h2*1,6-7H2,2-5H3;1H2,2-3H3;2H,1H2,(H,4,5);1H/q2*+1;;;/p-2. The number of ether oxygens (including phenoxy) is 3. The summed E-state index contributed by atoms with van der Waals surface area (Å²) in [5, 5.41) is 9.14. The molecule has 0 amide bonds. The van der Waals surface area contributed by atoms with Crippen molar-refractivity contribution in [2.24, 2.45) is 0 Å². The van der Waals surface area contributed by atoms with E-state index in [0.29, 0.717) is 29.9 Å². The Balaban J connectivity index is -0.000000129. The number of carbonyl (C=O) groups is 4. The van der Waals surface area contributed by atoms with Gasteiger partial charge in [0, 0.05) is 16.7 Å². The number of carbonyl (C=O) groups excluding carboxylic acids is 4. The lowest BCUT2D eigenvalue weighted by Crippen LogP contribution is -3.00. The lowest BCUT2D eigenvalue weighted by molar-refractivity contribution is -0.870. The molecular formula is C26H47ClN2O8. The minimum atomic E-state index is -1.23. The highest BCUT2D eigenvalue weighted by Crippen LogP contribution is 1.95. The normalized spacial score (nSPS) is 9.46. The Morgan fingerprint density at radius 3 is 1.05 bits per heavy atom. The number of quaternary nitrogens is 2. The maximum Gasteiger partial charge on any atom is 0.333 e. The smallest absolute Gasteiger partial charge is 0.333 e. The van der Waals surface area contributed by atoms with Gasteiger partial charge in [-0.15, -0.1) is 0 Å². The average molecular weight is 551 g/mol. The fourth-order valence-corrected chi connectivity index (χ4v) is 1.25. The number of hydrogen-bond acceptors (Lipinski definition) is 8. The first kappa shape index (κ1) is 44.1. The predicted molar refractivity (Wildman–Crippen MR) is 139 cm³/mol. The average Bonchev–Trinajstić information content (AvgIpc) is 2.72. The molecule has 0 aliphatic rings. The van der Waals surface area contributed by atoms with Crippen molar-refractivity contribution in [3.63, 3.8) is 0 Å². The van der Waals surface area contributed by atoms with Gasteiger partial charge in [0.1, 0.15) is 26.3 Å². The molecule has 0 aromatic heterocycles. The van der Waals surface area contributed by atoms with Gasteiger partial charge in [0.2, 0.25) is 0 Å². The molecule has 0 aromatic rings. The SMILES string of the molecule is C=C(C)C(=O)OC.C=C(C)C(=O)OCC[N+](C)(C)C.C=C(C)C(=O)OCC[N+](C)(C)C.C=CC(=O)[O-].[Cl-]. The molecule has 0 spiro atoms. The molecule has 0 unspecified atom stereocenters. The van der Waals surface area contributed by atoms with Crippen molar-refractivity contribution in [1.82, 2.24) is 0 Å². The summed E-state index contributed by atoms with van der Waals surface area (Å²) in [6.45, 7) is 20.7. The van der Waals surface area contributed by atoms with Crippen LogP contribution in [-0.2, 0) is 33.4 Å². The predicted octanol–water partition coefficient (Wildman–Crippen LogP) is -1.71. The maximum absolute atomic E-state index is 10.9. The molecule has 0 aliphatic carbocycles. The molecule has 0 rings (SSSR count). The first-order chi connectivity index (χ1) is 16.1. The first-order valence-electron chi connectivity index (χ1n) is 10.9. The zero-order chi connectivity index (χ0) is 29.7. The molecule has 0 fully saturated rings. The number of carboxylic acid groups (broad SMARTS) is 1. The van der Waals surface area contributed by atoms with Crippen molar-refractivity contribution in [1.29, 1.82) is 0 Å². The van der Waals surface area contributed by atoms with E-state index in [-0.39, 0.29) is 30.3 Å². The fourth-order valence-electron chi connectivity index (χ4n) is 1.25. The van der Waals surface area contributed by atoms with Crippen LogP contribution in [0, 0.1) is 0 Å². The largest absolute Gasteiger partial charge is 1.00 e. The van der Waals surface area contributed by atoms with Crippen LogP contribution in [0.4, 0.5) is 0 Å². The van der Waals surface area contributed by atoms with Gasteiger partial charge >= 0.3 is 17.9 Å². The molecule has 37 heavy (non-hydrogen) atoms. The second kappa shape index (κ2) is 23.4. The van der Waals surface area contributed by atoms with Gasteiger partial charge in [-0.1, -0.05) is 26.3 Å². The van der Waals surface area contributed by atoms with Gasteiger partial charge in [-0.3, -0.25) is 0 Å². The van der Waals surface area contributed by atoms with Crippen LogP contribution < -0.4 is 17.5 Å². The van der Waals surface area contributed by atoms with Gasteiger partial charge in [-0.2, -0.15) is 0 Å². The van der Waals surface area contributed by atoms with Crippen LogP contribution in [0.25, 0.3) is 0 Å². The van der Waals surface area contributed by atoms with Gasteiger partial charge in [-0.25, -0.2) is 14.4 Å². The number of halogens is 1. The molecule has 10 nitrogen and oxygen atoms in total. The lowest BCUT2D eigenvalue weighted by atomic mass is 10.4. The van der Waals surface area contributed by atoms with Crippen LogP contribution in [0.2, 0.25) is 0 Å². The van der Waals surface area contributed by atoms with Crippen LogP contribution in [0.1, 0.15) is 20.8 Å². The van der Waals surface area contributed by atoms with Crippen LogP contribution in [0.3, 0.4) is 0 Å². The highest BCUT2D eigenvalue weighted by atomic mass is 35.5. The number of likely N-dealkylation sites (N-methyl/N-ethyl adjacent to an activating group) is 2. The summed E-state index contributed by atoms with van der Waals surface area (Å²) in [5.74, 6) is -2.18. The number of carboxylic acids is 1. The highest BCUT2D eigenvalue weighted by molar-refractivity contribution is 5.87. The molecule has 0 heterocycles. The Hall–Kier alpha value is -2.95. The molecule has 0 aliphatic heterocycles. The molecule has 0 atom stereocenters. The molecule has 216 valence electrons. The summed E-state index contributed by atoms with van der Waals surface area (Å²) in [6, 6.07) is 0. The van der Waals surface area contributed by atoms with Crippen LogP contribution in [0.15, 0.2) is 49.1 Å². The maximum atomic E-state index is 10.9. The second-order valence-electron chi connectivity index (χ2n) is 9.66. The van der Waals surface area contributed by atoms with Gasteiger partial charge < -0.3 is 45.5 Å². The van der Waals surface area contributed by atoms with E-state index < -0.39 is 5.97 Å². The monoisotopic (exact) mass is 550 g/mol. The van der Waals surface area contributed by atoms with Crippen molar-refractivity contribution in [2.45, 2.75) is 20.8 Å². The molecule has 0 radical (unpaired) electrons. The summed E-state index contributed by atoms with van der Waals surface area (Å²) in [4.78, 5) is 41.1. The molecule has 0 bridgehead atoms. The topological polar surface area (TPSA) is 119 Å². The first-order valence-corrected chi connectivity index (χ1v) is 10.9. The lowest BCUT2D eigenvalue weighted by Gasteiger charge is -2.23. The van der Waals surface area contributed by atoms with E-state index in [2.05, 4.69) is 73.3 Å². The van der Waals surface area contributed by atoms with Gasteiger partial charge in [0.15, 0.2) is 0 Å². The van der Waals surface area contributed by atoms with Crippen molar-refractivity contribution in [2.75, 3.05) is 75.7 Å². The summed E-state index contributed by atoms with van der Waals surface area (Å²) >= 11 is 0. The van der Waals surface area contributed by atoms with Crippen molar-refractivity contribution in [3.05, 3.63) is 49.1 Å². The minimum Gasteiger partial charge on any atom is -1.00 e. The molecule has 0 saturated heterocycles. The number of rotatable bonds is 10. The Bertz CT molecular complexity index is 722. The van der Waals surface area contributed by atoms with Crippen LogP contribution in [0.5, 0.6) is 0 Å². The molecular weight excluding hydrogens is 504 g/mol. The summed E-state index contributed by atoms with van der Waals surface area (Å²) in [5.41, 5.74) is 1.34. The quantitative estimate of drug-likeness (QED) is 0.136. The Morgan fingerprint density at radius 2 is 0.946 bits per heavy atom. The third-order valence-corrected chi connectivity index (χ3v) is 3.39. The Morgan fingerprint density at radius 1 is 0.703 bits per heavy atom. The number of aliphatic carboxylic acids is 1. The summed E-state index contributed by atoms with van der Waals surface area (Å²) in [7, 11) is 13.6. The molecule has 0 saturated carbocycles. The van der Waals surface area contributed by atoms with E-state index in [9.17, 15) is 14.4 Å². The number of esters is 3. The van der Waals surface area contributed by atoms with Gasteiger partial charge in [-0.05, 0) is 26.8 Å². The number of methoxy groups -OCH3 is 1. The molecule has 0 aromatic carbocycles. The minimum absolute atomic E-state index is 0. The zero-order valence-corrected chi connectivity index (χ0v) is 25.0. The third kappa shape index (κ3) is 43.5. The number of hydrogen-bond donors (Lipinski definition) is 0. The van der Waals surface area contributed by atoms with E-state index in [4.69, 9.17) is 19.4 Å². The van der Waals surface area contributed by atoms with Crippen LogP contribution >= 0.6 is 0 Å². The van der Waals surface area contributed by atoms with E-state index in [0.717, 1.165) is 28.1 Å². The van der Waals surface area contributed by atoms with E-state index >= 15 is 0 Å². The second-order valence-corrected chi connectivity index (χ2v) is 9.66. The fraction of sp³-hybridized carbons (Fsp3) is 0.538. The third-order valence-electron chi connectivity index (χ3n) is 3.39. The van der Waals surface area contributed by atoms with Crippen molar-refractivity contribution in [3.8, 4) is 0 Å². The molecule has 11 heteroatoms. The van der Waals surface area contributed by atoms with E-state index in [1.54, 1.807) is 20.8 Å². The van der Waals surface area contributed by atoms with Crippen LogP contribution in [-0.4, -0.2) is 109 Å². The Kier molecular flexibility index (Phi) is 27.9. The number of nitrogens with zero attached hydrogens (tertiary/aromatic N) is 2. The summed E-state index contributed by atoms with van der Waals surface area (Å²) < 4.78 is 15.7. The summed E-state index contributed by atoms with van der Waals surface area (Å²) in [6.07, 6.45) is 0.722. The van der Waals surface area contributed by atoms with Gasteiger partial charge in [0.25, 0.3) is 0 Å². The van der Waals surface area contributed by atoms with E-state index in [1.807, 2.05) is 0 Å². The molecule has 0 N–H and O–H groups in total.